The van der Waals surface area contributed by atoms with Crippen molar-refractivity contribution in [1.82, 2.24) is 0 Å². The zero-order valence-corrected chi connectivity index (χ0v) is 13.9. The van der Waals surface area contributed by atoms with Gasteiger partial charge in [0.1, 0.15) is 6.10 Å². The summed E-state index contributed by atoms with van der Waals surface area (Å²) in [7, 11) is 0. The number of aryl methyl sites for hydroxylation is 1. The quantitative estimate of drug-likeness (QED) is 0.654. The van der Waals surface area contributed by atoms with E-state index in [-0.39, 0.29) is 23.8 Å². The van der Waals surface area contributed by atoms with Crippen molar-refractivity contribution < 1.29 is 9.63 Å². The van der Waals surface area contributed by atoms with Crippen LogP contribution >= 0.6 is 0 Å². The lowest BCUT2D eigenvalue weighted by Crippen LogP contribution is -2.25. The third-order valence-corrected chi connectivity index (χ3v) is 3.34. The lowest BCUT2D eigenvalue weighted by molar-refractivity contribution is -0.115. The standard InChI is InChI=1S/C17H26N2O2/c1-12-7-9-15(10-8-12)18-16(20)11-13(2)19-21-14(3)17(4,5)6/h7-10,14H,11H2,1-6H3,(H,18,20)/b19-13+. The molecule has 0 radical (unpaired) electrons. The fourth-order valence-corrected chi connectivity index (χ4v) is 1.43. The number of nitrogens with one attached hydrogen (secondary N) is 1. The highest BCUT2D eigenvalue weighted by Crippen LogP contribution is 2.21. The van der Waals surface area contributed by atoms with Gasteiger partial charge in [0, 0.05) is 11.1 Å². The molecule has 116 valence electrons. The first-order chi connectivity index (χ1) is 9.68. The maximum absolute atomic E-state index is 11.9. The minimum Gasteiger partial charge on any atom is -0.392 e. The molecule has 21 heavy (non-hydrogen) atoms. The predicted molar refractivity (Wildman–Crippen MR) is 87.5 cm³/mol. The van der Waals surface area contributed by atoms with Crippen molar-refractivity contribution in [1.29, 1.82) is 0 Å². The minimum absolute atomic E-state index is 0.00684. The van der Waals surface area contributed by atoms with E-state index in [1.165, 1.54) is 0 Å². The number of carbonyl (C=O) groups excluding carboxylic acids is 1. The average Bonchev–Trinajstić information content (AvgIpc) is 2.37. The molecule has 4 nitrogen and oxygen atoms in total. The highest BCUT2D eigenvalue weighted by Gasteiger charge is 2.21. The van der Waals surface area contributed by atoms with Gasteiger partial charge in [-0.25, -0.2) is 0 Å². The van der Waals surface area contributed by atoms with Crippen molar-refractivity contribution in [3.05, 3.63) is 29.8 Å². The van der Waals surface area contributed by atoms with Crippen LogP contribution in [0.1, 0.15) is 46.6 Å². The van der Waals surface area contributed by atoms with Crippen LogP contribution in [0, 0.1) is 12.3 Å². The Bertz CT molecular complexity index is 499. The topological polar surface area (TPSA) is 50.7 Å². The molecule has 0 aliphatic heterocycles. The summed E-state index contributed by atoms with van der Waals surface area (Å²) in [4.78, 5) is 17.3. The number of amides is 1. The molecule has 1 aromatic rings. The van der Waals surface area contributed by atoms with Gasteiger partial charge in [-0.3, -0.25) is 4.79 Å². The fourth-order valence-electron chi connectivity index (χ4n) is 1.43. The van der Waals surface area contributed by atoms with Gasteiger partial charge in [0.05, 0.1) is 12.1 Å². The molecule has 0 aromatic heterocycles. The van der Waals surface area contributed by atoms with Gasteiger partial charge in [0.25, 0.3) is 0 Å². The fraction of sp³-hybridized carbons (Fsp3) is 0.529. The summed E-state index contributed by atoms with van der Waals surface area (Å²) < 4.78 is 0. The van der Waals surface area contributed by atoms with E-state index in [4.69, 9.17) is 4.84 Å². The zero-order valence-electron chi connectivity index (χ0n) is 13.9. The van der Waals surface area contributed by atoms with Crippen molar-refractivity contribution in [3.63, 3.8) is 0 Å². The summed E-state index contributed by atoms with van der Waals surface area (Å²) in [6.07, 6.45) is 0.220. The van der Waals surface area contributed by atoms with Crippen LogP contribution in [-0.2, 0) is 9.63 Å². The highest BCUT2D eigenvalue weighted by molar-refractivity contribution is 6.05. The molecule has 1 amide bonds. The minimum atomic E-state index is -0.0906. The second-order valence-electron chi connectivity index (χ2n) is 6.53. The van der Waals surface area contributed by atoms with E-state index in [9.17, 15) is 4.79 Å². The van der Waals surface area contributed by atoms with Gasteiger partial charge in [-0.05, 0) is 32.9 Å². The number of hydrogen-bond acceptors (Lipinski definition) is 3. The summed E-state index contributed by atoms with van der Waals surface area (Å²) in [6.45, 7) is 12.1. The van der Waals surface area contributed by atoms with Crippen LogP contribution < -0.4 is 5.32 Å². The maximum atomic E-state index is 11.9. The first kappa shape index (κ1) is 17.2. The average molecular weight is 290 g/mol. The van der Waals surface area contributed by atoms with Crippen molar-refractivity contribution in [2.45, 2.75) is 54.1 Å². The summed E-state index contributed by atoms with van der Waals surface area (Å²) in [5.41, 5.74) is 2.64. The van der Waals surface area contributed by atoms with Crippen LogP contribution in [-0.4, -0.2) is 17.7 Å². The van der Waals surface area contributed by atoms with E-state index in [0.29, 0.717) is 5.71 Å². The number of carbonyl (C=O) groups is 1. The van der Waals surface area contributed by atoms with E-state index >= 15 is 0 Å². The molecule has 0 heterocycles. The summed E-state index contributed by atoms with van der Waals surface area (Å²) in [5, 5.41) is 6.88. The molecule has 1 N–H and O–H groups in total. The number of nitrogens with zero attached hydrogens (tertiary/aromatic N) is 1. The predicted octanol–water partition coefficient (Wildman–Crippen LogP) is 4.15. The van der Waals surface area contributed by atoms with Crippen LogP contribution in [0.3, 0.4) is 0 Å². The van der Waals surface area contributed by atoms with Gasteiger partial charge in [0.15, 0.2) is 0 Å². The van der Waals surface area contributed by atoms with Gasteiger partial charge in [-0.1, -0.05) is 43.6 Å². The third-order valence-electron chi connectivity index (χ3n) is 3.34. The summed E-state index contributed by atoms with van der Waals surface area (Å²) >= 11 is 0. The molecule has 1 rings (SSSR count). The molecule has 0 bridgehead atoms. The molecule has 0 fully saturated rings. The SMILES string of the molecule is C/C(CC(=O)Nc1ccc(C)cc1)=N\OC(C)C(C)(C)C. The largest absolute Gasteiger partial charge is 0.392 e. The van der Waals surface area contributed by atoms with E-state index in [0.717, 1.165) is 11.3 Å². The molecule has 1 aromatic carbocycles. The smallest absolute Gasteiger partial charge is 0.230 e. The Hall–Kier alpha value is -1.84. The molecule has 0 saturated carbocycles. The first-order valence-electron chi connectivity index (χ1n) is 7.24. The number of rotatable bonds is 5. The van der Waals surface area contributed by atoms with Crippen LogP contribution in [0.2, 0.25) is 0 Å². The van der Waals surface area contributed by atoms with Gasteiger partial charge < -0.3 is 10.2 Å². The normalized spacial score (nSPS) is 13.7. The van der Waals surface area contributed by atoms with Gasteiger partial charge in [-0.15, -0.1) is 0 Å². The van der Waals surface area contributed by atoms with Crippen molar-refractivity contribution in [2.75, 3.05) is 5.32 Å². The Labute approximate surface area is 127 Å². The molecule has 0 spiro atoms. The van der Waals surface area contributed by atoms with Crippen LogP contribution in [0.5, 0.6) is 0 Å². The Morgan fingerprint density at radius 1 is 1.29 bits per heavy atom. The second kappa shape index (κ2) is 7.25. The number of oxime groups is 1. The number of hydrogen-bond donors (Lipinski definition) is 1. The highest BCUT2D eigenvalue weighted by atomic mass is 16.6. The molecule has 0 aliphatic rings. The van der Waals surface area contributed by atoms with Crippen LogP contribution in [0.15, 0.2) is 29.4 Å². The third kappa shape index (κ3) is 6.43. The maximum Gasteiger partial charge on any atom is 0.230 e. The van der Waals surface area contributed by atoms with E-state index in [1.54, 1.807) is 6.92 Å². The Morgan fingerprint density at radius 3 is 2.38 bits per heavy atom. The van der Waals surface area contributed by atoms with Crippen LogP contribution in [0.25, 0.3) is 0 Å². The van der Waals surface area contributed by atoms with Crippen molar-refractivity contribution in [3.8, 4) is 0 Å². The lowest BCUT2D eigenvalue weighted by Gasteiger charge is -2.24. The Kier molecular flexibility index (Phi) is 5.94. The second-order valence-corrected chi connectivity index (χ2v) is 6.53. The Morgan fingerprint density at radius 2 is 1.86 bits per heavy atom. The summed E-state index contributed by atoms with van der Waals surface area (Å²) in [6, 6.07) is 7.70. The zero-order chi connectivity index (χ0) is 16.0. The van der Waals surface area contributed by atoms with E-state index < -0.39 is 0 Å². The molecular weight excluding hydrogens is 264 g/mol. The first-order valence-corrected chi connectivity index (χ1v) is 7.24. The van der Waals surface area contributed by atoms with Gasteiger partial charge in [0.2, 0.25) is 5.91 Å². The summed E-state index contributed by atoms with van der Waals surface area (Å²) in [5.74, 6) is -0.0906. The van der Waals surface area contributed by atoms with E-state index in [2.05, 4.69) is 31.2 Å². The Balaban J connectivity index is 2.48. The monoisotopic (exact) mass is 290 g/mol. The number of benzene rings is 1. The molecule has 0 aliphatic carbocycles. The van der Waals surface area contributed by atoms with Crippen molar-refractivity contribution in [2.24, 2.45) is 10.6 Å². The lowest BCUT2D eigenvalue weighted by atomic mass is 9.90. The number of anilines is 1. The molecular formula is C17H26N2O2. The molecule has 1 atom stereocenters. The van der Waals surface area contributed by atoms with Gasteiger partial charge in [-0.2, -0.15) is 0 Å². The van der Waals surface area contributed by atoms with Crippen LogP contribution in [0.4, 0.5) is 5.69 Å². The van der Waals surface area contributed by atoms with Crippen molar-refractivity contribution >= 4 is 17.3 Å². The van der Waals surface area contributed by atoms with E-state index in [1.807, 2.05) is 38.1 Å². The molecule has 0 saturated heterocycles. The molecule has 1 unspecified atom stereocenters. The van der Waals surface area contributed by atoms with Gasteiger partial charge >= 0.3 is 0 Å². The molecule has 4 heteroatoms.